The maximum absolute atomic E-state index is 5.82. The Morgan fingerprint density at radius 3 is 2.61 bits per heavy atom. The topological polar surface area (TPSA) is 59.9 Å². The van der Waals surface area contributed by atoms with Gasteiger partial charge in [-0.1, -0.05) is 30.3 Å². The van der Waals surface area contributed by atoms with Crippen molar-refractivity contribution >= 4 is 17.4 Å². The van der Waals surface area contributed by atoms with Crippen molar-refractivity contribution in [2.45, 2.75) is 6.54 Å². The molecule has 6 heteroatoms. The average molecular weight is 327 g/mol. The van der Waals surface area contributed by atoms with Gasteiger partial charge in [-0.3, -0.25) is 4.98 Å². The highest BCUT2D eigenvalue weighted by atomic mass is 35.5. The van der Waals surface area contributed by atoms with Gasteiger partial charge in [0.05, 0.1) is 19.0 Å². The lowest BCUT2D eigenvalue weighted by Gasteiger charge is -2.10. The molecule has 0 unspecified atom stereocenters. The number of anilines is 1. The molecule has 116 valence electrons. The van der Waals surface area contributed by atoms with Crippen molar-refractivity contribution in [1.82, 2.24) is 15.0 Å². The number of ether oxygens (including phenoxy) is 1. The summed E-state index contributed by atoms with van der Waals surface area (Å²) in [6.07, 6.45) is 3.33. The van der Waals surface area contributed by atoms with Gasteiger partial charge in [0.15, 0.2) is 11.6 Å². The zero-order valence-electron chi connectivity index (χ0n) is 12.5. The fraction of sp³-hybridized carbons (Fsp3) is 0.118. The third kappa shape index (κ3) is 3.76. The number of hydrogen-bond donors (Lipinski definition) is 1. The standard InChI is InChI=1S/C17H15ClN4O/c1-23-15-11-21-17(18)22-16(15)20-10-12-5-7-13(8-6-12)14-4-2-3-9-19-14/h2-9,11H,10H2,1H3,(H,20,21,22). The van der Waals surface area contributed by atoms with Crippen LogP contribution in [-0.2, 0) is 6.54 Å². The van der Waals surface area contributed by atoms with Crippen LogP contribution in [0.25, 0.3) is 11.3 Å². The summed E-state index contributed by atoms with van der Waals surface area (Å²) in [6, 6.07) is 14.1. The zero-order chi connectivity index (χ0) is 16.1. The zero-order valence-corrected chi connectivity index (χ0v) is 13.3. The van der Waals surface area contributed by atoms with Gasteiger partial charge in [0.25, 0.3) is 0 Å². The van der Waals surface area contributed by atoms with E-state index in [1.165, 1.54) is 0 Å². The minimum absolute atomic E-state index is 0.179. The van der Waals surface area contributed by atoms with Crippen molar-refractivity contribution in [3.05, 3.63) is 65.7 Å². The number of methoxy groups -OCH3 is 1. The van der Waals surface area contributed by atoms with Gasteiger partial charge < -0.3 is 10.1 Å². The molecule has 23 heavy (non-hydrogen) atoms. The van der Waals surface area contributed by atoms with Crippen molar-refractivity contribution in [2.24, 2.45) is 0 Å². The van der Waals surface area contributed by atoms with Gasteiger partial charge in [0, 0.05) is 18.3 Å². The number of aromatic nitrogens is 3. The SMILES string of the molecule is COc1cnc(Cl)nc1NCc1ccc(-c2ccccn2)cc1. The molecule has 0 fully saturated rings. The number of nitrogens with zero attached hydrogens (tertiary/aromatic N) is 3. The molecule has 0 aliphatic heterocycles. The molecular formula is C17H15ClN4O. The number of nitrogens with one attached hydrogen (secondary N) is 1. The van der Waals surface area contributed by atoms with Crippen LogP contribution in [0, 0.1) is 0 Å². The third-order valence-electron chi connectivity index (χ3n) is 3.32. The Morgan fingerprint density at radius 2 is 1.91 bits per heavy atom. The minimum atomic E-state index is 0.179. The lowest BCUT2D eigenvalue weighted by molar-refractivity contribution is 0.412. The van der Waals surface area contributed by atoms with E-state index < -0.39 is 0 Å². The lowest BCUT2D eigenvalue weighted by atomic mass is 10.1. The fourth-order valence-electron chi connectivity index (χ4n) is 2.14. The third-order valence-corrected chi connectivity index (χ3v) is 3.50. The van der Waals surface area contributed by atoms with E-state index in [1.807, 2.05) is 42.5 Å². The van der Waals surface area contributed by atoms with Crippen LogP contribution < -0.4 is 10.1 Å². The largest absolute Gasteiger partial charge is 0.491 e. The summed E-state index contributed by atoms with van der Waals surface area (Å²) in [5, 5.41) is 3.38. The maximum atomic E-state index is 5.82. The van der Waals surface area contributed by atoms with Crippen molar-refractivity contribution in [3.8, 4) is 17.0 Å². The number of benzene rings is 1. The van der Waals surface area contributed by atoms with E-state index in [0.717, 1.165) is 16.8 Å². The molecule has 0 bridgehead atoms. The van der Waals surface area contributed by atoms with Crippen LogP contribution in [-0.4, -0.2) is 22.1 Å². The summed E-state index contributed by atoms with van der Waals surface area (Å²) in [5.41, 5.74) is 3.15. The molecule has 3 rings (SSSR count). The minimum Gasteiger partial charge on any atom is -0.491 e. The molecule has 0 amide bonds. The molecule has 0 spiro atoms. The average Bonchev–Trinajstić information content (AvgIpc) is 2.61. The Hall–Kier alpha value is -2.66. The Labute approximate surface area is 139 Å². The molecule has 0 aliphatic carbocycles. The van der Waals surface area contributed by atoms with Gasteiger partial charge in [-0.2, -0.15) is 4.98 Å². The fourth-order valence-corrected chi connectivity index (χ4v) is 2.27. The first-order valence-corrected chi connectivity index (χ1v) is 7.45. The van der Waals surface area contributed by atoms with E-state index in [1.54, 1.807) is 19.5 Å². The molecule has 2 aromatic heterocycles. The van der Waals surface area contributed by atoms with Crippen LogP contribution in [0.2, 0.25) is 5.28 Å². The van der Waals surface area contributed by atoms with E-state index in [-0.39, 0.29) is 5.28 Å². The summed E-state index contributed by atoms with van der Waals surface area (Å²) in [4.78, 5) is 12.4. The predicted molar refractivity (Wildman–Crippen MR) is 90.6 cm³/mol. The lowest BCUT2D eigenvalue weighted by Crippen LogP contribution is -2.04. The molecular weight excluding hydrogens is 312 g/mol. The van der Waals surface area contributed by atoms with Crippen molar-refractivity contribution in [1.29, 1.82) is 0 Å². The monoisotopic (exact) mass is 326 g/mol. The van der Waals surface area contributed by atoms with E-state index in [9.17, 15) is 0 Å². The van der Waals surface area contributed by atoms with E-state index >= 15 is 0 Å². The summed E-state index contributed by atoms with van der Waals surface area (Å²) in [7, 11) is 1.57. The molecule has 0 saturated carbocycles. The maximum Gasteiger partial charge on any atom is 0.224 e. The second-order valence-electron chi connectivity index (χ2n) is 4.82. The first-order chi connectivity index (χ1) is 11.3. The van der Waals surface area contributed by atoms with Crippen LogP contribution in [0.15, 0.2) is 54.9 Å². The van der Waals surface area contributed by atoms with Gasteiger partial charge in [0.1, 0.15) is 0 Å². The first kappa shape index (κ1) is 15.2. The highest BCUT2D eigenvalue weighted by molar-refractivity contribution is 6.28. The number of pyridine rings is 1. The van der Waals surface area contributed by atoms with Gasteiger partial charge in [-0.05, 0) is 29.3 Å². The Kier molecular flexibility index (Phi) is 4.68. The predicted octanol–water partition coefficient (Wildman–Crippen LogP) is 3.81. The number of hydrogen-bond acceptors (Lipinski definition) is 5. The smallest absolute Gasteiger partial charge is 0.224 e. The molecule has 0 atom stereocenters. The molecule has 1 aromatic carbocycles. The molecule has 0 saturated heterocycles. The quantitative estimate of drug-likeness (QED) is 0.722. The van der Waals surface area contributed by atoms with Crippen molar-refractivity contribution in [2.75, 3.05) is 12.4 Å². The van der Waals surface area contributed by atoms with Crippen LogP contribution in [0.3, 0.4) is 0 Å². The highest BCUT2D eigenvalue weighted by Crippen LogP contribution is 2.23. The Morgan fingerprint density at radius 1 is 1.09 bits per heavy atom. The Balaban J connectivity index is 1.71. The molecule has 3 aromatic rings. The summed E-state index contributed by atoms with van der Waals surface area (Å²) in [5.74, 6) is 1.13. The van der Waals surface area contributed by atoms with Gasteiger partial charge in [-0.25, -0.2) is 4.98 Å². The van der Waals surface area contributed by atoms with Gasteiger partial charge in [-0.15, -0.1) is 0 Å². The highest BCUT2D eigenvalue weighted by Gasteiger charge is 2.06. The Bertz CT molecular complexity index is 778. The summed E-state index contributed by atoms with van der Waals surface area (Å²) in [6.45, 7) is 0.603. The molecule has 0 radical (unpaired) electrons. The first-order valence-electron chi connectivity index (χ1n) is 7.07. The molecule has 2 heterocycles. The number of rotatable bonds is 5. The van der Waals surface area contributed by atoms with Crippen LogP contribution >= 0.6 is 11.6 Å². The van der Waals surface area contributed by atoms with E-state index in [2.05, 4.69) is 20.3 Å². The number of halogens is 1. The summed E-state index contributed by atoms with van der Waals surface area (Å²) < 4.78 is 5.21. The van der Waals surface area contributed by atoms with Gasteiger partial charge >= 0.3 is 0 Å². The summed E-state index contributed by atoms with van der Waals surface area (Å²) >= 11 is 5.82. The normalized spacial score (nSPS) is 10.3. The van der Waals surface area contributed by atoms with E-state index in [4.69, 9.17) is 16.3 Å². The molecule has 0 aliphatic rings. The van der Waals surface area contributed by atoms with Gasteiger partial charge in [0.2, 0.25) is 5.28 Å². The van der Waals surface area contributed by atoms with Crippen molar-refractivity contribution in [3.63, 3.8) is 0 Å². The second-order valence-corrected chi connectivity index (χ2v) is 5.16. The molecule has 1 N–H and O–H groups in total. The van der Waals surface area contributed by atoms with Crippen LogP contribution in [0.4, 0.5) is 5.82 Å². The van der Waals surface area contributed by atoms with Crippen molar-refractivity contribution < 1.29 is 4.74 Å². The van der Waals surface area contributed by atoms with Crippen LogP contribution in [0.5, 0.6) is 5.75 Å². The van der Waals surface area contributed by atoms with Crippen LogP contribution in [0.1, 0.15) is 5.56 Å². The van der Waals surface area contributed by atoms with E-state index in [0.29, 0.717) is 18.1 Å². The second kappa shape index (κ2) is 7.07. The molecule has 5 nitrogen and oxygen atoms in total.